The van der Waals surface area contributed by atoms with Crippen LogP contribution in [0.3, 0.4) is 0 Å². The third-order valence-corrected chi connectivity index (χ3v) is 16.5. The number of nitrogens with zero attached hydrogens (tertiary/aromatic N) is 3. The summed E-state index contributed by atoms with van der Waals surface area (Å²) in [7, 11) is 0. The van der Waals surface area contributed by atoms with E-state index in [1.165, 1.54) is 99.3 Å². The van der Waals surface area contributed by atoms with E-state index in [1.807, 2.05) is 0 Å². The van der Waals surface area contributed by atoms with Crippen LogP contribution in [0, 0.1) is 0 Å². The largest absolute Gasteiger partial charge is 0.310 e. The molecule has 0 fully saturated rings. The average molecular weight is 966 g/mol. The summed E-state index contributed by atoms with van der Waals surface area (Å²) in [4.78, 5) is 2.52. The van der Waals surface area contributed by atoms with Gasteiger partial charge in [-0.1, -0.05) is 200 Å². The summed E-state index contributed by atoms with van der Waals surface area (Å²) >= 11 is 0. The van der Waals surface area contributed by atoms with E-state index in [2.05, 4.69) is 299 Å². The van der Waals surface area contributed by atoms with Gasteiger partial charge in [0.15, 0.2) is 0 Å². The summed E-state index contributed by atoms with van der Waals surface area (Å²) in [6, 6.07) is 106. The van der Waals surface area contributed by atoms with Crippen LogP contribution in [0.5, 0.6) is 0 Å². The molecule has 0 unspecified atom stereocenters. The van der Waals surface area contributed by atoms with Crippen molar-refractivity contribution in [2.45, 2.75) is 5.41 Å². The lowest BCUT2D eigenvalue weighted by atomic mass is 9.70. The minimum Gasteiger partial charge on any atom is -0.310 e. The third kappa shape index (κ3) is 5.99. The number of hydrogen-bond acceptors (Lipinski definition) is 1. The Morgan fingerprint density at radius 1 is 0.276 bits per heavy atom. The first-order valence-electron chi connectivity index (χ1n) is 26.3. The van der Waals surface area contributed by atoms with Crippen LogP contribution in [0.4, 0.5) is 17.1 Å². The summed E-state index contributed by atoms with van der Waals surface area (Å²) in [6.07, 6.45) is 0. The zero-order valence-electron chi connectivity index (χ0n) is 41.5. The van der Waals surface area contributed by atoms with Gasteiger partial charge in [0.1, 0.15) is 0 Å². The van der Waals surface area contributed by atoms with Crippen LogP contribution in [0.1, 0.15) is 22.3 Å². The molecule has 1 spiro atoms. The maximum atomic E-state index is 2.52. The summed E-state index contributed by atoms with van der Waals surface area (Å²) in [5.41, 5.74) is 25.0. The van der Waals surface area contributed by atoms with Gasteiger partial charge in [0.2, 0.25) is 0 Å². The second-order valence-electron chi connectivity index (χ2n) is 20.3. The standard InChI is InChI=1S/C73H47N3/c1-4-20-48(21-5-1)49-38-41-53(42-39-49)74(70-37-19-34-65-72(70)58-28-12-16-33-64(58)73(65)62-31-14-10-26-56(62)57-27-11-15-32-63(57)73)54-43-45-68-61(47-54)60-46-50(40-44-67(60)75(68)51-22-6-2-7-23-51)55-30-18-36-69-71(55)59-29-13-17-35-66(59)76(69)52-24-8-3-9-25-52/h1-47H. The van der Waals surface area contributed by atoms with Crippen molar-refractivity contribution in [3.05, 3.63) is 307 Å². The SMILES string of the molecule is c1ccc(-c2ccc(N(c3ccc4c(c3)c3cc(-c5cccc6c5c5ccccc5n6-c5ccccc5)ccc3n4-c3ccccc3)c3cccc4c3-c3ccccc3C43c4ccccc4-c4ccccc43)cc2)cc1. The Kier molecular flexibility index (Phi) is 9.25. The van der Waals surface area contributed by atoms with E-state index >= 15 is 0 Å². The first-order chi connectivity index (χ1) is 37.7. The lowest BCUT2D eigenvalue weighted by molar-refractivity contribution is 0.794. The van der Waals surface area contributed by atoms with E-state index in [4.69, 9.17) is 0 Å². The van der Waals surface area contributed by atoms with Crippen molar-refractivity contribution in [3.63, 3.8) is 0 Å². The molecular formula is C73H47N3. The number of para-hydroxylation sites is 3. The van der Waals surface area contributed by atoms with Crippen LogP contribution in [0.25, 0.3) is 99.5 Å². The van der Waals surface area contributed by atoms with Gasteiger partial charge in [0, 0.05) is 49.9 Å². The highest BCUT2D eigenvalue weighted by Gasteiger charge is 2.52. The zero-order valence-corrected chi connectivity index (χ0v) is 41.5. The molecule has 16 rings (SSSR count). The summed E-state index contributed by atoms with van der Waals surface area (Å²) in [6.45, 7) is 0. The van der Waals surface area contributed by atoms with Gasteiger partial charge < -0.3 is 14.0 Å². The second kappa shape index (κ2) is 16.5. The van der Waals surface area contributed by atoms with Crippen LogP contribution < -0.4 is 4.90 Å². The molecular weight excluding hydrogens is 919 g/mol. The molecule has 0 bridgehead atoms. The van der Waals surface area contributed by atoms with E-state index in [-0.39, 0.29) is 0 Å². The van der Waals surface area contributed by atoms with Gasteiger partial charge in [0.05, 0.1) is 33.2 Å². The quantitative estimate of drug-likeness (QED) is 0.155. The zero-order chi connectivity index (χ0) is 49.9. The number of anilines is 3. The monoisotopic (exact) mass is 965 g/mol. The molecule has 14 aromatic rings. The predicted octanol–water partition coefficient (Wildman–Crippen LogP) is 19.0. The van der Waals surface area contributed by atoms with Gasteiger partial charge in [-0.05, 0) is 146 Å². The van der Waals surface area contributed by atoms with Crippen LogP contribution in [0.15, 0.2) is 285 Å². The van der Waals surface area contributed by atoms with Crippen molar-refractivity contribution in [3.8, 4) is 55.9 Å². The molecule has 0 saturated heterocycles. The Morgan fingerprint density at radius 2 is 0.737 bits per heavy atom. The Hall–Kier alpha value is -9.96. The molecule has 3 nitrogen and oxygen atoms in total. The lowest BCUT2D eigenvalue weighted by Gasteiger charge is -2.32. The molecule has 354 valence electrons. The first kappa shape index (κ1) is 42.5. The second-order valence-corrected chi connectivity index (χ2v) is 20.3. The van der Waals surface area contributed by atoms with Crippen molar-refractivity contribution < 1.29 is 0 Å². The van der Waals surface area contributed by atoms with Gasteiger partial charge in [-0.15, -0.1) is 0 Å². The van der Waals surface area contributed by atoms with E-state index in [9.17, 15) is 0 Å². The summed E-state index contributed by atoms with van der Waals surface area (Å²) in [5.74, 6) is 0. The molecule has 0 saturated carbocycles. The summed E-state index contributed by atoms with van der Waals surface area (Å²) < 4.78 is 4.85. The van der Waals surface area contributed by atoms with E-state index in [0.717, 1.165) is 39.5 Å². The Bertz CT molecular complexity index is 4580. The van der Waals surface area contributed by atoms with E-state index < -0.39 is 5.41 Å². The molecule has 76 heavy (non-hydrogen) atoms. The predicted molar refractivity (Wildman–Crippen MR) is 317 cm³/mol. The fourth-order valence-electron chi connectivity index (χ4n) is 13.5. The molecule has 0 N–H and O–H groups in total. The molecule has 0 radical (unpaired) electrons. The highest BCUT2D eigenvalue weighted by molar-refractivity contribution is 6.18. The highest BCUT2D eigenvalue weighted by atomic mass is 15.1. The smallest absolute Gasteiger partial charge is 0.0726 e. The minimum absolute atomic E-state index is 0.475. The number of rotatable bonds is 7. The average Bonchev–Trinajstić information content (AvgIpc) is 4.41. The van der Waals surface area contributed by atoms with Gasteiger partial charge in [-0.3, -0.25) is 0 Å². The van der Waals surface area contributed by atoms with Crippen molar-refractivity contribution >= 4 is 60.7 Å². The Morgan fingerprint density at radius 3 is 1.43 bits per heavy atom. The van der Waals surface area contributed by atoms with Gasteiger partial charge in [-0.2, -0.15) is 0 Å². The lowest BCUT2D eigenvalue weighted by Crippen LogP contribution is -2.26. The topological polar surface area (TPSA) is 13.1 Å². The summed E-state index contributed by atoms with van der Waals surface area (Å²) in [5, 5.41) is 4.87. The fraction of sp³-hybridized carbons (Fsp3) is 0.0137. The molecule has 2 aliphatic carbocycles. The molecule has 12 aromatic carbocycles. The molecule has 2 aromatic heterocycles. The van der Waals surface area contributed by atoms with Crippen molar-refractivity contribution in [2.24, 2.45) is 0 Å². The van der Waals surface area contributed by atoms with Crippen LogP contribution in [0.2, 0.25) is 0 Å². The molecule has 3 heteroatoms. The number of aromatic nitrogens is 2. The van der Waals surface area contributed by atoms with Gasteiger partial charge >= 0.3 is 0 Å². The molecule has 2 heterocycles. The highest BCUT2D eigenvalue weighted by Crippen LogP contribution is 2.64. The van der Waals surface area contributed by atoms with Crippen molar-refractivity contribution in [1.29, 1.82) is 0 Å². The number of benzene rings is 12. The maximum absolute atomic E-state index is 2.52. The molecule has 0 aliphatic heterocycles. The van der Waals surface area contributed by atoms with Crippen LogP contribution in [-0.4, -0.2) is 9.13 Å². The minimum atomic E-state index is -0.475. The molecule has 2 aliphatic rings. The van der Waals surface area contributed by atoms with E-state index in [0.29, 0.717) is 0 Å². The fourth-order valence-corrected chi connectivity index (χ4v) is 13.5. The third-order valence-electron chi connectivity index (χ3n) is 16.5. The first-order valence-corrected chi connectivity index (χ1v) is 26.3. The number of hydrogen-bond donors (Lipinski definition) is 0. The van der Waals surface area contributed by atoms with Crippen LogP contribution >= 0.6 is 0 Å². The molecule has 0 amide bonds. The van der Waals surface area contributed by atoms with Gasteiger partial charge in [0.25, 0.3) is 0 Å². The van der Waals surface area contributed by atoms with Crippen molar-refractivity contribution in [2.75, 3.05) is 4.90 Å². The maximum Gasteiger partial charge on any atom is 0.0726 e. The van der Waals surface area contributed by atoms with Crippen molar-refractivity contribution in [1.82, 2.24) is 9.13 Å². The molecule has 0 atom stereocenters. The Balaban J connectivity index is 0.955. The van der Waals surface area contributed by atoms with E-state index in [1.54, 1.807) is 0 Å². The van der Waals surface area contributed by atoms with Gasteiger partial charge in [-0.25, -0.2) is 0 Å². The Labute approximate surface area is 441 Å². The van der Waals surface area contributed by atoms with Crippen LogP contribution in [-0.2, 0) is 5.41 Å². The number of fused-ring (bicyclic) bond motifs is 16. The normalized spacial score (nSPS) is 12.8.